The predicted molar refractivity (Wildman–Crippen MR) is 45.1 cm³/mol. The minimum absolute atomic E-state index is 0.376. The second kappa shape index (κ2) is 3.84. The number of carbonyl (C=O) groups excluding carboxylic acids is 1. The molecule has 2 atom stereocenters. The number of ether oxygens (including phenoxy) is 2. The van der Waals surface area contributed by atoms with E-state index in [2.05, 4.69) is 9.47 Å². The van der Waals surface area contributed by atoms with Crippen LogP contribution in [0.2, 0.25) is 0 Å². The van der Waals surface area contributed by atoms with E-state index in [1.807, 2.05) is 0 Å². The number of allylic oxidation sites excluding steroid dienone is 1. The van der Waals surface area contributed by atoms with E-state index in [0.29, 0.717) is 0 Å². The largest absolute Gasteiger partial charge is 0.460 e. The molecular formula is C9H11F3O3. The fourth-order valence-corrected chi connectivity index (χ4v) is 1.05. The van der Waals surface area contributed by atoms with Gasteiger partial charge in [0.05, 0.1) is 0 Å². The number of rotatable bonds is 3. The van der Waals surface area contributed by atoms with E-state index in [4.69, 9.17) is 0 Å². The minimum Gasteiger partial charge on any atom is -0.460 e. The molecule has 0 saturated carbocycles. The van der Waals surface area contributed by atoms with Gasteiger partial charge < -0.3 is 9.47 Å². The lowest BCUT2D eigenvalue weighted by molar-refractivity contribution is -0.179. The van der Waals surface area contributed by atoms with E-state index in [1.165, 1.54) is 6.08 Å². The third kappa shape index (κ3) is 2.50. The first-order chi connectivity index (χ1) is 6.81. The SMILES string of the molecule is CC=CC(=O)OCC1OC1(C)C(F)(F)F. The van der Waals surface area contributed by atoms with Crippen molar-refractivity contribution in [3.8, 4) is 0 Å². The Bertz CT molecular complexity index is 285. The molecule has 0 radical (unpaired) electrons. The molecule has 15 heavy (non-hydrogen) atoms. The molecule has 0 bridgehead atoms. The second-order valence-corrected chi connectivity index (χ2v) is 3.34. The molecule has 1 rings (SSSR count). The quantitative estimate of drug-likeness (QED) is 0.417. The van der Waals surface area contributed by atoms with Gasteiger partial charge in [-0.25, -0.2) is 4.79 Å². The highest BCUT2D eigenvalue weighted by atomic mass is 19.4. The van der Waals surface area contributed by atoms with Crippen molar-refractivity contribution in [1.29, 1.82) is 0 Å². The van der Waals surface area contributed by atoms with Crippen LogP contribution in [0.4, 0.5) is 13.2 Å². The average molecular weight is 224 g/mol. The average Bonchev–Trinajstić information content (AvgIpc) is 2.75. The van der Waals surface area contributed by atoms with E-state index in [0.717, 1.165) is 13.0 Å². The summed E-state index contributed by atoms with van der Waals surface area (Å²) in [5.41, 5.74) is -2.16. The molecule has 86 valence electrons. The van der Waals surface area contributed by atoms with Gasteiger partial charge in [0.25, 0.3) is 0 Å². The molecule has 1 aliphatic rings. The van der Waals surface area contributed by atoms with Crippen LogP contribution in [0.15, 0.2) is 12.2 Å². The Balaban J connectivity index is 2.37. The standard InChI is InChI=1S/C9H11F3O3/c1-3-4-7(13)14-5-6-8(2,15-6)9(10,11)12/h3-4,6H,5H2,1-2H3. The highest BCUT2D eigenvalue weighted by molar-refractivity contribution is 5.81. The van der Waals surface area contributed by atoms with Gasteiger partial charge >= 0.3 is 12.1 Å². The van der Waals surface area contributed by atoms with Gasteiger partial charge in [0.15, 0.2) is 5.60 Å². The number of esters is 1. The van der Waals surface area contributed by atoms with Gasteiger partial charge in [0.2, 0.25) is 0 Å². The number of hydrogen-bond acceptors (Lipinski definition) is 3. The van der Waals surface area contributed by atoms with Crippen LogP contribution in [-0.2, 0) is 14.3 Å². The molecule has 1 saturated heterocycles. The first-order valence-corrected chi connectivity index (χ1v) is 4.35. The van der Waals surface area contributed by atoms with Crippen molar-refractivity contribution in [2.24, 2.45) is 0 Å². The molecule has 0 aromatic rings. The van der Waals surface area contributed by atoms with Crippen LogP contribution in [0.1, 0.15) is 13.8 Å². The fraction of sp³-hybridized carbons (Fsp3) is 0.667. The molecule has 1 heterocycles. The van der Waals surface area contributed by atoms with Crippen LogP contribution in [0.3, 0.4) is 0 Å². The van der Waals surface area contributed by atoms with E-state index < -0.39 is 23.9 Å². The molecule has 0 aliphatic carbocycles. The molecule has 3 nitrogen and oxygen atoms in total. The van der Waals surface area contributed by atoms with Crippen molar-refractivity contribution >= 4 is 5.97 Å². The molecule has 0 amide bonds. The minimum atomic E-state index is -4.43. The van der Waals surface area contributed by atoms with Gasteiger partial charge in [-0.15, -0.1) is 0 Å². The molecule has 0 N–H and O–H groups in total. The molecular weight excluding hydrogens is 213 g/mol. The summed E-state index contributed by atoms with van der Waals surface area (Å²) in [6.07, 6.45) is -2.94. The van der Waals surface area contributed by atoms with Crippen LogP contribution in [0.5, 0.6) is 0 Å². The molecule has 0 aromatic heterocycles. The van der Waals surface area contributed by atoms with Gasteiger partial charge in [-0.3, -0.25) is 0 Å². The molecule has 0 spiro atoms. The molecule has 1 fully saturated rings. The third-order valence-corrected chi connectivity index (χ3v) is 2.19. The van der Waals surface area contributed by atoms with Crippen LogP contribution in [0.25, 0.3) is 0 Å². The lowest BCUT2D eigenvalue weighted by Gasteiger charge is -2.10. The van der Waals surface area contributed by atoms with Gasteiger partial charge in [0.1, 0.15) is 12.7 Å². The van der Waals surface area contributed by atoms with Crippen LogP contribution in [-0.4, -0.2) is 30.5 Å². The number of halogens is 3. The van der Waals surface area contributed by atoms with E-state index in [9.17, 15) is 18.0 Å². The van der Waals surface area contributed by atoms with Crippen LogP contribution < -0.4 is 0 Å². The number of carbonyl (C=O) groups is 1. The topological polar surface area (TPSA) is 38.8 Å². The maximum absolute atomic E-state index is 12.3. The first kappa shape index (κ1) is 12.0. The Morgan fingerprint density at radius 1 is 1.60 bits per heavy atom. The maximum Gasteiger partial charge on any atom is 0.419 e. The molecule has 1 aliphatic heterocycles. The highest BCUT2D eigenvalue weighted by Crippen LogP contribution is 2.49. The Morgan fingerprint density at radius 3 is 2.60 bits per heavy atom. The summed E-state index contributed by atoms with van der Waals surface area (Å²) < 4.78 is 45.8. The van der Waals surface area contributed by atoms with Crippen molar-refractivity contribution < 1.29 is 27.4 Å². The van der Waals surface area contributed by atoms with Crippen molar-refractivity contribution in [3.63, 3.8) is 0 Å². The predicted octanol–water partition coefficient (Wildman–Crippen LogP) is 1.83. The summed E-state index contributed by atoms with van der Waals surface area (Å²) in [6, 6.07) is 0. The highest BCUT2D eigenvalue weighted by Gasteiger charge is 2.70. The Hall–Kier alpha value is -1.04. The van der Waals surface area contributed by atoms with E-state index >= 15 is 0 Å². The summed E-state index contributed by atoms with van der Waals surface area (Å²) in [6.45, 7) is 2.16. The van der Waals surface area contributed by atoms with Crippen LogP contribution in [0, 0.1) is 0 Å². The Kier molecular flexibility index (Phi) is 3.08. The summed E-state index contributed by atoms with van der Waals surface area (Å²) in [5, 5.41) is 0. The van der Waals surface area contributed by atoms with Gasteiger partial charge in [-0.05, 0) is 13.8 Å². The number of hydrogen-bond donors (Lipinski definition) is 0. The van der Waals surface area contributed by atoms with Gasteiger partial charge in [0, 0.05) is 6.08 Å². The van der Waals surface area contributed by atoms with Crippen molar-refractivity contribution in [2.45, 2.75) is 31.7 Å². The molecule has 0 aromatic carbocycles. The van der Waals surface area contributed by atoms with E-state index in [-0.39, 0.29) is 6.61 Å². The van der Waals surface area contributed by atoms with E-state index in [1.54, 1.807) is 6.92 Å². The lowest BCUT2D eigenvalue weighted by atomic mass is 10.1. The smallest absolute Gasteiger partial charge is 0.419 e. The lowest BCUT2D eigenvalue weighted by Crippen LogP contribution is -2.33. The molecule has 6 heteroatoms. The summed E-state index contributed by atoms with van der Waals surface area (Å²) in [7, 11) is 0. The monoisotopic (exact) mass is 224 g/mol. The van der Waals surface area contributed by atoms with Crippen molar-refractivity contribution in [3.05, 3.63) is 12.2 Å². The summed E-state index contributed by atoms with van der Waals surface area (Å²) in [4.78, 5) is 10.8. The van der Waals surface area contributed by atoms with Gasteiger partial charge in [-0.2, -0.15) is 13.2 Å². The van der Waals surface area contributed by atoms with Crippen LogP contribution >= 0.6 is 0 Å². The zero-order valence-corrected chi connectivity index (χ0v) is 8.30. The fourth-order valence-electron chi connectivity index (χ4n) is 1.05. The summed E-state index contributed by atoms with van der Waals surface area (Å²) >= 11 is 0. The summed E-state index contributed by atoms with van der Waals surface area (Å²) in [5.74, 6) is -0.669. The van der Waals surface area contributed by atoms with Crippen molar-refractivity contribution in [2.75, 3.05) is 6.61 Å². The Labute approximate surface area is 84.8 Å². The number of epoxide rings is 1. The molecule has 2 unspecified atom stereocenters. The third-order valence-electron chi connectivity index (χ3n) is 2.19. The maximum atomic E-state index is 12.3. The van der Waals surface area contributed by atoms with Gasteiger partial charge in [-0.1, -0.05) is 6.08 Å². The zero-order valence-electron chi connectivity index (χ0n) is 8.30. The zero-order chi connectivity index (χ0) is 11.7. The Morgan fingerprint density at radius 2 is 2.20 bits per heavy atom. The van der Waals surface area contributed by atoms with Crippen molar-refractivity contribution in [1.82, 2.24) is 0 Å². The number of alkyl halides is 3. The first-order valence-electron chi connectivity index (χ1n) is 4.35. The second-order valence-electron chi connectivity index (χ2n) is 3.34. The normalized spacial score (nSPS) is 30.6.